The molecule has 3 aromatic carbocycles. The topological polar surface area (TPSA) is 46.1 Å². The highest BCUT2D eigenvalue weighted by Crippen LogP contribution is 2.62. The van der Waals surface area contributed by atoms with Crippen LogP contribution in [0.25, 0.3) is 0 Å². The minimum atomic E-state index is -2.23. The molecule has 4 aromatic rings. The average Bonchev–Trinajstić information content (AvgIpc) is 3.47. The zero-order chi connectivity index (χ0) is 20.4. The van der Waals surface area contributed by atoms with Gasteiger partial charge in [0.25, 0.3) is 5.91 Å². The highest BCUT2D eigenvalue weighted by molar-refractivity contribution is 7.97. The first-order valence-electron chi connectivity index (χ1n) is 9.95. The lowest BCUT2D eigenvalue weighted by Gasteiger charge is -2.31. The Hall–Kier alpha value is -2.88. The van der Waals surface area contributed by atoms with E-state index in [2.05, 4.69) is 83.0 Å². The van der Waals surface area contributed by atoms with Crippen molar-refractivity contribution in [1.82, 2.24) is 10.2 Å². The zero-order valence-electron chi connectivity index (χ0n) is 16.3. The predicted octanol–water partition coefficient (Wildman–Crippen LogP) is 3.64. The molecule has 1 aliphatic rings. The second kappa shape index (κ2) is 8.10. The molecule has 0 saturated carbocycles. The fraction of sp³-hybridized carbons (Fsp3) is 0.125. The van der Waals surface area contributed by atoms with Gasteiger partial charge in [-0.1, -0.05) is 65.9 Å². The first-order chi connectivity index (χ1) is 14.8. The lowest BCUT2D eigenvalue weighted by atomic mass is 10.3. The van der Waals surface area contributed by atoms with E-state index >= 15 is 0 Å². The van der Waals surface area contributed by atoms with Crippen LogP contribution in [0.15, 0.2) is 96.5 Å². The summed E-state index contributed by atoms with van der Waals surface area (Å²) in [5, 5.41) is 12.5. The van der Waals surface area contributed by atoms with Gasteiger partial charge in [0.1, 0.15) is 28.7 Å². The molecule has 2 heterocycles. The van der Waals surface area contributed by atoms with E-state index in [1.54, 1.807) is 5.51 Å². The molecule has 0 radical (unpaired) electrons. The molecular weight excluding hydrogens is 409 g/mol. The summed E-state index contributed by atoms with van der Waals surface area (Å²) in [5.41, 5.74) is 1.55. The van der Waals surface area contributed by atoms with Gasteiger partial charge in [0.05, 0.1) is 0 Å². The molecule has 0 spiro atoms. The van der Waals surface area contributed by atoms with Gasteiger partial charge in [0.15, 0.2) is 5.66 Å². The van der Waals surface area contributed by atoms with E-state index < -0.39 is 7.26 Å². The SMILES string of the molecule is O=C1C([P+](c2ccccc2)(c2ccccc2)c2ccccc2)CCN1c1nncs1. The summed E-state index contributed by atoms with van der Waals surface area (Å²) in [4.78, 5) is 15.7. The summed E-state index contributed by atoms with van der Waals surface area (Å²) >= 11 is 1.42. The van der Waals surface area contributed by atoms with Crippen LogP contribution < -0.4 is 20.8 Å². The maximum Gasteiger partial charge on any atom is 0.270 e. The van der Waals surface area contributed by atoms with Crippen LogP contribution >= 0.6 is 18.6 Å². The first kappa shape index (κ1) is 19.1. The van der Waals surface area contributed by atoms with Crippen molar-refractivity contribution in [3.05, 3.63) is 96.5 Å². The summed E-state index contributed by atoms with van der Waals surface area (Å²) in [6.45, 7) is 0.674. The number of aromatic nitrogens is 2. The molecule has 30 heavy (non-hydrogen) atoms. The molecular formula is C24H21N3OPS+. The lowest BCUT2D eigenvalue weighted by Crippen LogP contribution is -2.42. The third-order valence-corrected chi connectivity index (χ3v) is 11.2. The minimum absolute atomic E-state index is 0.131. The standard InChI is InChI=1S/C24H21N3OPS/c28-23-22(16-17-27(23)24-26-25-18-30-24)29(19-10-4-1-5-11-19,20-12-6-2-7-13-20)21-14-8-3-9-15-21/h1-15,18,22H,16-17H2/q+1. The largest absolute Gasteiger partial charge is 0.283 e. The third kappa shape index (κ3) is 3.06. The molecule has 6 heteroatoms. The van der Waals surface area contributed by atoms with Crippen molar-refractivity contribution in [3.63, 3.8) is 0 Å². The second-order valence-electron chi connectivity index (χ2n) is 7.25. The fourth-order valence-corrected chi connectivity index (χ4v) is 9.94. The van der Waals surface area contributed by atoms with Crippen molar-refractivity contribution in [2.24, 2.45) is 0 Å². The Morgan fingerprint density at radius 2 is 1.30 bits per heavy atom. The van der Waals surface area contributed by atoms with Crippen molar-refractivity contribution in [2.75, 3.05) is 11.4 Å². The van der Waals surface area contributed by atoms with Crippen LogP contribution in [0.1, 0.15) is 6.42 Å². The van der Waals surface area contributed by atoms with Gasteiger partial charge >= 0.3 is 0 Å². The molecule has 0 N–H and O–H groups in total. The monoisotopic (exact) mass is 430 g/mol. The molecule has 4 nitrogen and oxygen atoms in total. The third-order valence-electron chi connectivity index (χ3n) is 5.71. The molecule has 0 aliphatic carbocycles. The fourth-order valence-electron chi connectivity index (χ4n) is 4.48. The second-order valence-corrected chi connectivity index (χ2v) is 11.7. The maximum absolute atomic E-state index is 13.9. The van der Waals surface area contributed by atoms with Crippen LogP contribution in [0.4, 0.5) is 5.13 Å². The smallest absolute Gasteiger partial charge is 0.270 e. The van der Waals surface area contributed by atoms with Crippen molar-refractivity contribution < 1.29 is 4.79 Å². The number of amides is 1. The Kier molecular flexibility index (Phi) is 5.16. The Morgan fingerprint density at radius 1 is 0.800 bits per heavy atom. The number of hydrogen-bond acceptors (Lipinski definition) is 4. The Bertz CT molecular complexity index is 1020. The highest BCUT2D eigenvalue weighted by atomic mass is 32.1. The molecule has 1 amide bonds. The number of carbonyl (C=O) groups excluding carboxylic acids is 1. The zero-order valence-corrected chi connectivity index (χ0v) is 18.0. The summed E-state index contributed by atoms with van der Waals surface area (Å²) in [7, 11) is -2.23. The molecule has 1 atom stereocenters. The van der Waals surface area contributed by atoms with Crippen molar-refractivity contribution in [2.45, 2.75) is 12.1 Å². The van der Waals surface area contributed by atoms with E-state index in [0.717, 1.165) is 6.42 Å². The highest BCUT2D eigenvalue weighted by Gasteiger charge is 2.59. The number of nitrogens with zero attached hydrogens (tertiary/aromatic N) is 3. The van der Waals surface area contributed by atoms with Gasteiger partial charge in [0.2, 0.25) is 5.13 Å². The number of hydrogen-bond donors (Lipinski definition) is 0. The van der Waals surface area contributed by atoms with Crippen LogP contribution in [0, 0.1) is 0 Å². The summed E-state index contributed by atoms with van der Waals surface area (Å²) in [5.74, 6) is 0.150. The minimum Gasteiger partial charge on any atom is -0.283 e. The van der Waals surface area contributed by atoms with E-state index in [9.17, 15) is 4.79 Å². The molecule has 1 saturated heterocycles. The maximum atomic E-state index is 13.9. The first-order valence-corrected chi connectivity index (χ1v) is 12.7. The molecule has 1 aliphatic heterocycles. The molecule has 5 rings (SSSR count). The summed E-state index contributed by atoms with van der Waals surface area (Å²) in [6.07, 6.45) is 0.797. The van der Waals surface area contributed by atoms with E-state index in [0.29, 0.717) is 11.7 Å². The van der Waals surface area contributed by atoms with Gasteiger partial charge in [-0.3, -0.25) is 9.69 Å². The van der Waals surface area contributed by atoms with Crippen molar-refractivity contribution in [3.8, 4) is 0 Å². The van der Waals surface area contributed by atoms with Gasteiger partial charge in [-0.2, -0.15) is 0 Å². The lowest BCUT2D eigenvalue weighted by molar-refractivity contribution is -0.116. The van der Waals surface area contributed by atoms with Crippen LogP contribution in [-0.4, -0.2) is 28.3 Å². The van der Waals surface area contributed by atoms with E-state index in [1.165, 1.54) is 27.3 Å². The van der Waals surface area contributed by atoms with Crippen molar-refractivity contribution >= 4 is 45.6 Å². The quantitative estimate of drug-likeness (QED) is 0.454. The number of anilines is 1. The molecule has 1 aromatic heterocycles. The van der Waals surface area contributed by atoms with Crippen LogP contribution in [0.2, 0.25) is 0 Å². The predicted molar refractivity (Wildman–Crippen MR) is 126 cm³/mol. The van der Waals surface area contributed by atoms with Crippen molar-refractivity contribution in [1.29, 1.82) is 0 Å². The number of carbonyl (C=O) groups is 1. The normalized spacial score (nSPS) is 16.7. The molecule has 1 unspecified atom stereocenters. The van der Waals surface area contributed by atoms with Gasteiger partial charge < -0.3 is 0 Å². The molecule has 1 fully saturated rings. The van der Waals surface area contributed by atoms with E-state index in [-0.39, 0.29) is 11.6 Å². The van der Waals surface area contributed by atoms with E-state index in [1.807, 2.05) is 23.1 Å². The Balaban J connectivity index is 1.76. The Labute approximate surface area is 180 Å². The van der Waals surface area contributed by atoms with Crippen LogP contribution in [0.3, 0.4) is 0 Å². The average molecular weight is 430 g/mol. The summed E-state index contributed by atoms with van der Waals surface area (Å²) < 4.78 is 0. The number of rotatable bonds is 5. The van der Waals surface area contributed by atoms with Crippen LogP contribution in [-0.2, 0) is 4.79 Å². The van der Waals surface area contributed by atoms with E-state index in [4.69, 9.17) is 0 Å². The molecule has 148 valence electrons. The Morgan fingerprint density at radius 3 is 1.73 bits per heavy atom. The number of benzene rings is 3. The van der Waals surface area contributed by atoms with Gasteiger partial charge in [-0.15, -0.1) is 10.2 Å². The summed E-state index contributed by atoms with van der Waals surface area (Å²) in [6, 6.07) is 31.7. The molecule has 0 bridgehead atoms. The van der Waals surface area contributed by atoms with Crippen LogP contribution in [0.5, 0.6) is 0 Å². The van der Waals surface area contributed by atoms with Gasteiger partial charge in [0, 0.05) is 13.0 Å². The van der Waals surface area contributed by atoms with Gasteiger partial charge in [-0.25, -0.2) is 0 Å². The van der Waals surface area contributed by atoms with Gasteiger partial charge in [-0.05, 0) is 36.4 Å².